The van der Waals surface area contributed by atoms with Crippen molar-refractivity contribution in [3.8, 4) is 0 Å². The molecule has 1 aliphatic heterocycles. The van der Waals surface area contributed by atoms with Gasteiger partial charge >= 0.3 is 0 Å². The van der Waals surface area contributed by atoms with E-state index < -0.39 is 0 Å². The van der Waals surface area contributed by atoms with Gasteiger partial charge in [0.1, 0.15) is 5.82 Å². The number of halogens is 1. The number of benzene rings is 1. The fraction of sp³-hybridized carbons (Fsp3) is 0.474. The lowest BCUT2D eigenvalue weighted by molar-refractivity contribution is -0.0531. The number of hydrogen-bond donors (Lipinski definition) is 1. The zero-order chi connectivity index (χ0) is 17.1. The zero-order valence-corrected chi connectivity index (χ0v) is 14.1. The lowest BCUT2D eigenvalue weighted by atomic mass is 9.90. The van der Waals surface area contributed by atoms with Crippen LogP contribution in [-0.2, 0) is 4.74 Å². The van der Waals surface area contributed by atoms with E-state index in [0.717, 1.165) is 19.3 Å². The topological polar surface area (TPSA) is 51.2 Å². The van der Waals surface area contributed by atoms with E-state index in [0.29, 0.717) is 28.9 Å². The highest BCUT2D eigenvalue weighted by atomic mass is 19.1. The van der Waals surface area contributed by atoms with E-state index in [-0.39, 0.29) is 23.9 Å². The van der Waals surface area contributed by atoms with E-state index in [2.05, 4.69) is 24.1 Å². The molecular weight excluding hydrogens is 307 g/mol. The maximum Gasteiger partial charge on any atom is 0.253 e. The second-order valence-electron chi connectivity index (χ2n) is 6.63. The Kier molecular flexibility index (Phi) is 5.09. The molecule has 2 atom stereocenters. The van der Waals surface area contributed by atoms with Crippen LogP contribution >= 0.6 is 0 Å². The van der Waals surface area contributed by atoms with Crippen LogP contribution in [-0.4, -0.2) is 29.6 Å². The van der Waals surface area contributed by atoms with Crippen molar-refractivity contribution in [3.63, 3.8) is 0 Å². The fourth-order valence-electron chi connectivity index (χ4n) is 3.58. The molecule has 3 rings (SSSR count). The van der Waals surface area contributed by atoms with Crippen LogP contribution < -0.4 is 5.32 Å². The molecule has 2 aromatic rings. The predicted molar refractivity (Wildman–Crippen MR) is 91.4 cm³/mol. The van der Waals surface area contributed by atoms with E-state index in [1.807, 2.05) is 0 Å². The first-order valence-corrected chi connectivity index (χ1v) is 8.51. The summed E-state index contributed by atoms with van der Waals surface area (Å²) in [5.74, 6) is -0.00109. The van der Waals surface area contributed by atoms with Crippen molar-refractivity contribution in [1.82, 2.24) is 10.3 Å². The molecule has 1 aromatic carbocycles. The molecule has 4 nitrogen and oxygen atoms in total. The van der Waals surface area contributed by atoms with Crippen LogP contribution in [0.2, 0.25) is 0 Å². The summed E-state index contributed by atoms with van der Waals surface area (Å²) in [5, 5.41) is 3.32. The Labute approximate surface area is 141 Å². The third-order valence-corrected chi connectivity index (χ3v) is 4.59. The maximum absolute atomic E-state index is 13.8. The SMILES string of the molecule is CC1CC(CCNC(=O)c2ccc(F)c3cccnc23)CC(C)O1. The molecule has 1 N–H and O–H groups in total. The first-order valence-electron chi connectivity index (χ1n) is 8.51. The Balaban J connectivity index is 1.63. The van der Waals surface area contributed by atoms with Crippen LogP contribution in [0.5, 0.6) is 0 Å². The van der Waals surface area contributed by atoms with E-state index >= 15 is 0 Å². The summed E-state index contributed by atoms with van der Waals surface area (Å²) < 4.78 is 19.6. The van der Waals surface area contributed by atoms with Crippen LogP contribution in [0.3, 0.4) is 0 Å². The highest BCUT2D eigenvalue weighted by Crippen LogP contribution is 2.27. The summed E-state index contributed by atoms with van der Waals surface area (Å²) in [5.41, 5.74) is 0.823. The van der Waals surface area contributed by atoms with Gasteiger partial charge in [-0.15, -0.1) is 0 Å². The Hall–Kier alpha value is -2.01. The Morgan fingerprint density at radius 1 is 1.29 bits per heavy atom. The van der Waals surface area contributed by atoms with Crippen molar-refractivity contribution in [1.29, 1.82) is 0 Å². The van der Waals surface area contributed by atoms with E-state index in [1.54, 1.807) is 18.3 Å². The number of hydrogen-bond acceptors (Lipinski definition) is 3. The number of nitrogens with zero attached hydrogens (tertiary/aromatic N) is 1. The molecule has 0 radical (unpaired) electrons. The van der Waals surface area contributed by atoms with Gasteiger partial charge in [0.2, 0.25) is 0 Å². The lowest BCUT2D eigenvalue weighted by Crippen LogP contribution is -2.32. The molecule has 1 fully saturated rings. The van der Waals surface area contributed by atoms with Crippen LogP contribution in [0.15, 0.2) is 30.5 Å². The minimum Gasteiger partial charge on any atom is -0.376 e. The van der Waals surface area contributed by atoms with Gasteiger partial charge in [-0.05, 0) is 63.3 Å². The normalized spacial score (nSPS) is 24.0. The molecule has 5 heteroatoms. The Morgan fingerprint density at radius 2 is 2.04 bits per heavy atom. The second-order valence-corrected chi connectivity index (χ2v) is 6.63. The van der Waals surface area contributed by atoms with Gasteiger partial charge in [0.25, 0.3) is 5.91 Å². The summed E-state index contributed by atoms with van der Waals surface area (Å²) >= 11 is 0. The molecule has 128 valence electrons. The molecule has 0 bridgehead atoms. The van der Waals surface area contributed by atoms with Gasteiger partial charge in [-0.3, -0.25) is 9.78 Å². The standard InChI is InChI=1S/C19H23FN2O2/c1-12-10-14(11-13(2)24-12)7-9-22-19(23)16-5-6-17(20)15-4-3-8-21-18(15)16/h3-6,8,12-14H,7,9-11H2,1-2H3,(H,22,23). The maximum atomic E-state index is 13.8. The smallest absolute Gasteiger partial charge is 0.253 e. The minimum atomic E-state index is -0.361. The largest absolute Gasteiger partial charge is 0.376 e. The summed E-state index contributed by atoms with van der Waals surface area (Å²) in [6.07, 6.45) is 5.11. The van der Waals surface area contributed by atoms with Crippen LogP contribution in [0.4, 0.5) is 4.39 Å². The number of amides is 1. The molecule has 0 saturated carbocycles. The van der Waals surface area contributed by atoms with E-state index in [9.17, 15) is 9.18 Å². The molecule has 1 saturated heterocycles. The molecule has 24 heavy (non-hydrogen) atoms. The molecule has 1 aliphatic rings. The molecule has 0 aliphatic carbocycles. The van der Waals surface area contributed by atoms with Gasteiger partial charge in [-0.2, -0.15) is 0 Å². The van der Waals surface area contributed by atoms with Crippen molar-refractivity contribution in [2.45, 2.75) is 45.3 Å². The number of aromatic nitrogens is 1. The van der Waals surface area contributed by atoms with Gasteiger partial charge in [0, 0.05) is 18.1 Å². The predicted octanol–water partition coefficient (Wildman–Crippen LogP) is 3.70. The first-order chi connectivity index (χ1) is 11.5. The first kappa shape index (κ1) is 16.8. The van der Waals surface area contributed by atoms with E-state index in [4.69, 9.17) is 4.74 Å². The van der Waals surface area contributed by atoms with Crippen LogP contribution in [0.1, 0.15) is 43.5 Å². The zero-order valence-electron chi connectivity index (χ0n) is 14.1. The third-order valence-electron chi connectivity index (χ3n) is 4.59. The van der Waals surface area contributed by atoms with Crippen molar-refractivity contribution in [2.75, 3.05) is 6.54 Å². The quantitative estimate of drug-likeness (QED) is 0.930. The van der Waals surface area contributed by atoms with Crippen molar-refractivity contribution in [3.05, 3.63) is 41.8 Å². The molecule has 0 spiro atoms. The average molecular weight is 330 g/mol. The van der Waals surface area contributed by atoms with Crippen LogP contribution in [0.25, 0.3) is 10.9 Å². The second kappa shape index (κ2) is 7.26. The van der Waals surface area contributed by atoms with Crippen LogP contribution in [0, 0.1) is 11.7 Å². The van der Waals surface area contributed by atoms with Crippen molar-refractivity contribution >= 4 is 16.8 Å². The van der Waals surface area contributed by atoms with Gasteiger partial charge in [0.05, 0.1) is 23.3 Å². The number of rotatable bonds is 4. The summed E-state index contributed by atoms with van der Waals surface area (Å²) in [4.78, 5) is 16.6. The monoisotopic (exact) mass is 330 g/mol. The van der Waals surface area contributed by atoms with Crippen molar-refractivity contribution < 1.29 is 13.9 Å². The van der Waals surface area contributed by atoms with Gasteiger partial charge < -0.3 is 10.1 Å². The Bertz CT molecular complexity index is 724. The number of carbonyl (C=O) groups excluding carboxylic acids is 1. The van der Waals surface area contributed by atoms with Gasteiger partial charge in [-0.1, -0.05) is 0 Å². The number of ether oxygens (including phenoxy) is 1. The highest BCUT2D eigenvalue weighted by molar-refractivity contribution is 6.05. The molecular formula is C19H23FN2O2. The Morgan fingerprint density at radius 3 is 2.79 bits per heavy atom. The van der Waals surface area contributed by atoms with Gasteiger partial charge in [0.15, 0.2) is 0 Å². The molecule has 1 amide bonds. The number of nitrogens with one attached hydrogen (secondary N) is 1. The summed E-state index contributed by atoms with van der Waals surface area (Å²) in [6.45, 7) is 4.80. The molecule has 2 heterocycles. The number of pyridine rings is 1. The lowest BCUT2D eigenvalue weighted by Gasteiger charge is -2.32. The average Bonchev–Trinajstić information content (AvgIpc) is 2.54. The van der Waals surface area contributed by atoms with Crippen molar-refractivity contribution in [2.24, 2.45) is 5.92 Å². The molecule has 1 aromatic heterocycles. The number of carbonyl (C=O) groups is 1. The third kappa shape index (κ3) is 3.73. The number of fused-ring (bicyclic) bond motifs is 1. The highest BCUT2D eigenvalue weighted by Gasteiger charge is 2.24. The van der Waals surface area contributed by atoms with E-state index in [1.165, 1.54) is 12.1 Å². The fourth-order valence-corrected chi connectivity index (χ4v) is 3.58. The van der Waals surface area contributed by atoms with Gasteiger partial charge in [-0.25, -0.2) is 4.39 Å². The summed E-state index contributed by atoms with van der Waals surface area (Å²) in [6, 6.07) is 6.12. The summed E-state index contributed by atoms with van der Waals surface area (Å²) in [7, 11) is 0. The molecule has 2 unspecified atom stereocenters. The minimum absolute atomic E-state index is 0.202.